The third kappa shape index (κ3) is 8.91. The zero-order chi connectivity index (χ0) is 20.2. The molecule has 0 unspecified atom stereocenters. The fraction of sp³-hybridized carbons (Fsp3) is 0.619. The summed E-state index contributed by atoms with van der Waals surface area (Å²) in [6.45, 7) is 13.4. The summed E-state index contributed by atoms with van der Waals surface area (Å²) in [5, 5.41) is 2.79. The molecule has 0 heterocycles. The maximum absolute atomic E-state index is 12.5. The molecule has 0 fully saturated rings. The second-order valence-corrected chi connectivity index (χ2v) is 6.81. The zero-order valence-electron chi connectivity index (χ0n) is 17.6. The first-order valence-electron chi connectivity index (χ1n) is 9.81. The molecule has 0 saturated carbocycles. The molecule has 1 rings (SSSR count). The highest BCUT2D eigenvalue weighted by Crippen LogP contribution is 2.12. The van der Waals surface area contributed by atoms with Crippen LogP contribution in [0.25, 0.3) is 0 Å². The van der Waals surface area contributed by atoms with Crippen LogP contribution in [0.4, 0.5) is 0 Å². The van der Waals surface area contributed by atoms with E-state index in [-0.39, 0.29) is 24.1 Å². The van der Waals surface area contributed by atoms with Gasteiger partial charge in [0.25, 0.3) is 11.9 Å². The molecule has 0 aromatic heterocycles. The number of nitrogens with one attached hydrogen (secondary N) is 1. The molecule has 0 aliphatic rings. The number of nitrogens with zero attached hydrogens (tertiary/aromatic N) is 2. The summed E-state index contributed by atoms with van der Waals surface area (Å²) in [5.41, 5.74) is 0.503. The Hall–Kier alpha value is -2.08. The zero-order valence-corrected chi connectivity index (χ0v) is 17.6. The lowest BCUT2D eigenvalue weighted by atomic mass is 10.2. The number of hydrogen-bond acceptors (Lipinski definition) is 5. The molecule has 1 amide bonds. The first-order valence-corrected chi connectivity index (χ1v) is 9.81. The van der Waals surface area contributed by atoms with E-state index >= 15 is 0 Å². The van der Waals surface area contributed by atoms with E-state index in [1.807, 2.05) is 20.8 Å². The summed E-state index contributed by atoms with van der Waals surface area (Å²) in [6, 6.07) is 7.35. The quantitative estimate of drug-likeness (QED) is 0.499. The molecule has 0 aliphatic heterocycles. The van der Waals surface area contributed by atoms with Gasteiger partial charge in [0.1, 0.15) is 5.75 Å². The fourth-order valence-electron chi connectivity index (χ4n) is 2.66. The number of hydrogen-bond donors (Lipinski definition) is 1. The SMILES string of the molecule is CCN(CC)CCC[C@H](C)N=C(NC(=O)c1cccc(OC)c1)OC(C)C. The van der Waals surface area contributed by atoms with Crippen molar-refractivity contribution >= 4 is 11.9 Å². The van der Waals surface area contributed by atoms with Gasteiger partial charge in [-0.1, -0.05) is 19.9 Å². The second-order valence-electron chi connectivity index (χ2n) is 6.81. The van der Waals surface area contributed by atoms with Crippen molar-refractivity contribution in [2.24, 2.45) is 4.99 Å². The van der Waals surface area contributed by atoms with Gasteiger partial charge in [-0.15, -0.1) is 0 Å². The highest BCUT2D eigenvalue weighted by molar-refractivity contribution is 6.04. The van der Waals surface area contributed by atoms with Gasteiger partial charge >= 0.3 is 0 Å². The van der Waals surface area contributed by atoms with E-state index in [9.17, 15) is 4.79 Å². The first-order chi connectivity index (χ1) is 12.9. The lowest BCUT2D eigenvalue weighted by molar-refractivity contribution is 0.0959. The molecule has 0 bridgehead atoms. The Balaban J connectivity index is 2.72. The molecule has 1 N–H and O–H groups in total. The number of aliphatic imine (C=N–C) groups is 1. The van der Waals surface area contributed by atoms with Gasteiger partial charge < -0.3 is 14.4 Å². The maximum atomic E-state index is 12.5. The van der Waals surface area contributed by atoms with Gasteiger partial charge in [-0.2, -0.15) is 0 Å². The molecule has 27 heavy (non-hydrogen) atoms. The Morgan fingerprint density at radius 3 is 2.52 bits per heavy atom. The molecule has 0 radical (unpaired) electrons. The van der Waals surface area contributed by atoms with Crippen molar-refractivity contribution in [3.63, 3.8) is 0 Å². The van der Waals surface area contributed by atoms with E-state index in [2.05, 4.69) is 29.1 Å². The van der Waals surface area contributed by atoms with Crippen LogP contribution in [-0.4, -0.2) is 55.7 Å². The summed E-state index contributed by atoms with van der Waals surface area (Å²) in [5.74, 6) is 0.374. The Morgan fingerprint density at radius 2 is 1.93 bits per heavy atom. The van der Waals surface area contributed by atoms with Gasteiger partial charge in [0, 0.05) is 5.56 Å². The highest BCUT2D eigenvalue weighted by atomic mass is 16.5. The minimum atomic E-state index is -0.261. The number of benzene rings is 1. The molecule has 6 nitrogen and oxygen atoms in total. The third-order valence-corrected chi connectivity index (χ3v) is 4.23. The Bertz CT molecular complexity index is 598. The van der Waals surface area contributed by atoms with Crippen LogP contribution in [0.5, 0.6) is 5.75 Å². The number of methoxy groups -OCH3 is 1. The van der Waals surface area contributed by atoms with Gasteiger partial charge in [0.05, 0.1) is 19.3 Å². The van der Waals surface area contributed by atoms with Crippen molar-refractivity contribution in [3.8, 4) is 5.75 Å². The van der Waals surface area contributed by atoms with Crippen LogP contribution in [0.2, 0.25) is 0 Å². The van der Waals surface area contributed by atoms with Gasteiger partial charge in [0.2, 0.25) is 0 Å². The minimum Gasteiger partial charge on any atom is -0.497 e. The van der Waals surface area contributed by atoms with Gasteiger partial charge in [-0.25, -0.2) is 4.99 Å². The average molecular weight is 378 g/mol. The summed E-state index contributed by atoms with van der Waals surface area (Å²) >= 11 is 0. The summed E-state index contributed by atoms with van der Waals surface area (Å²) in [4.78, 5) is 19.5. The topological polar surface area (TPSA) is 63.2 Å². The lowest BCUT2D eigenvalue weighted by Gasteiger charge is -2.19. The van der Waals surface area contributed by atoms with Crippen LogP contribution < -0.4 is 10.1 Å². The first kappa shape index (κ1) is 23.0. The molecule has 1 aromatic rings. The number of amidine groups is 1. The van der Waals surface area contributed by atoms with Crippen LogP contribution in [0.1, 0.15) is 57.8 Å². The van der Waals surface area contributed by atoms with Crippen molar-refractivity contribution in [2.75, 3.05) is 26.7 Å². The van der Waals surface area contributed by atoms with E-state index in [0.29, 0.717) is 11.3 Å². The number of carbonyl (C=O) groups is 1. The maximum Gasteiger partial charge on any atom is 0.292 e. The van der Waals surface area contributed by atoms with Crippen molar-refractivity contribution in [2.45, 2.75) is 59.6 Å². The van der Waals surface area contributed by atoms with Gasteiger partial charge in [-0.3, -0.25) is 10.1 Å². The molecule has 0 saturated heterocycles. The molecule has 0 aliphatic carbocycles. The average Bonchev–Trinajstić information content (AvgIpc) is 2.64. The normalized spacial score (nSPS) is 13.0. The second kappa shape index (κ2) is 12.3. The van der Waals surface area contributed by atoms with Crippen LogP contribution in [0.3, 0.4) is 0 Å². The van der Waals surface area contributed by atoms with Crippen molar-refractivity contribution in [1.29, 1.82) is 0 Å². The molecular weight excluding hydrogens is 342 g/mol. The summed E-state index contributed by atoms with van der Waals surface area (Å²) in [7, 11) is 1.58. The Morgan fingerprint density at radius 1 is 1.22 bits per heavy atom. The van der Waals surface area contributed by atoms with Crippen LogP contribution in [0, 0.1) is 0 Å². The Kier molecular flexibility index (Phi) is 10.5. The predicted molar refractivity (Wildman–Crippen MR) is 111 cm³/mol. The molecule has 6 heteroatoms. The number of amides is 1. The smallest absolute Gasteiger partial charge is 0.292 e. The minimum absolute atomic E-state index is 0.0694. The number of rotatable bonds is 10. The van der Waals surface area contributed by atoms with Crippen LogP contribution in [0.15, 0.2) is 29.3 Å². The Labute approximate surface area is 163 Å². The highest BCUT2D eigenvalue weighted by Gasteiger charge is 2.14. The van der Waals surface area contributed by atoms with Crippen molar-refractivity contribution < 1.29 is 14.3 Å². The molecular formula is C21H35N3O3. The van der Waals surface area contributed by atoms with E-state index < -0.39 is 0 Å². The van der Waals surface area contributed by atoms with E-state index in [1.165, 1.54) is 0 Å². The largest absolute Gasteiger partial charge is 0.497 e. The molecule has 1 atom stereocenters. The third-order valence-electron chi connectivity index (χ3n) is 4.23. The van der Waals surface area contributed by atoms with Gasteiger partial charge in [0.15, 0.2) is 0 Å². The lowest BCUT2D eigenvalue weighted by Crippen LogP contribution is -2.35. The summed E-state index contributed by atoms with van der Waals surface area (Å²) in [6.07, 6.45) is 1.93. The standard InChI is InChI=1S/C21H35N3O3/c1-7-24(8-2)14-10-11-17(5)22-21(27-16(3)4)23-20(25)18-12-9-13-19(15-18)26-6/h9,12-13,15-17H,7-8,10-11,14H2,1-6H3,(H,22,23,25)/t17-/m0/s1. The predicted octanol–water partition coefficient (Wildman–Crippen LogP) is 3.72. The van der Waals surface area contributed by atoms with Gasteiger partial charge in [-0.05, 0) is 71.4 Å². The number of ether oxygens (including phenoxy) is 2. The molecule has 0 spiro atoms. The van der Waals surface area contributed by atoms with Crippen LogP contribution in [-0.2, 0) is 4.74 Å². The monoisotopic (exact) mass is 377 g/mol. The van der Waals surface area contributed by atoms with E-state index in [4.69, 9.17) is 9.47 Å². The van der Waals surface area contributed by atoms with E-state index in [0.717, 1.165) is 32.5 Å². The van der Waals surface area contributed by atoms with E-state index in [1.54, 1.807) is 31.4 Å². The molecule has 1 aromatic carbocycles. The van der Waals surface area contributed by atoms with Crippen molar-refractivity contribution in [1.82, 2.24) is 10.2 Å². The van der Waals surface area contributed by atoms with Crippen molar-refractivity contribution in [3.05, 3.63) is 29.8 Å². The van der Waals surface area contributed by atoms with Crippen LogP contribution >= 0.6 is 0 Å². The number of carbonyl (C=O) groups excluding carboxylic acids is 1. The fourth-order valence-corrected chi connectivity index (χ4v) is 2.66. The molecule has 152 valence electrons. The summed E-state index contributed by atoms with van der Waals surface area (Å²) < 4.78 is 10.9.